The van der Waals surface area contributed by atoms with Crippen LogP contribution in [0.5, 0.6) is 0 Å². The van der Waals surface area contributed by atoms with Crippen LogP contribution < -0.4 is 0 Å². The minimum atomic E-state index is -3.05. The van der Waals surface area contributed by atoms with Crippen LogP contribution in [0.4, 0.5) is 17.6 Å². The highest BCUT2D eigenvalue weighted by Crippen LogP contribution is 2.30. The number of alkyl halides is 2. The van der Waals surface area contributed by atoms with Gasteiger partial charge in [-0.05, 0) is 55.8 Å². The Morgan fingerprint density at radius 2 is 1.78 bits per heavy atom. The largest absolute Gasteiger partial charge is 0.386 e. The Balaban J connectivity index is 2.65. The first kappa shape index (κ1) is 17.1. The molecule has 0 bridgehead atoms. The predicted octanol–water partition coefficient (Wildman–Crippen LogP) is 4.69. The van der Waals surface area contributed by atoms with Crippen LogP contribution in [0.3, 0.4) is 0 Å². The van der Waals surface area contributed by atoms with Crippen molar-refractivity contribution in [3.05, 3.63) is 59.8 Å². The van der Waals surface area contributed by atoms with Crippen LogP contribution in [0, 0.1) is 5.82 Å². The second-order valence-corrected chi connectivity index (χ2v) is 5.56. The van der Waals surface area contributed by atoms with Crippen molar-refractivity contribution in [2.24, 2.45) is 0 Å². The molecule has 0 aliphatic heterocycles. The Hall–Kier alpha value is -2.21. The van der Waals surface area contributed by atoms with E-state index in [1.165, 1.54) is 50.2 Å². The van der Waals surface area contributed by atoms with E-state index in [4.69, 9.17) is 0 Å². The first-order valence-corrected chi connectivity index (χ1v) is 6.82. The molecule has 0 fully saturated rings. The molecule has 2 aromatic rings. The zero-order chi connectivity index (χ0) is 17.2. The summed E-state index contributed by atoms with van der Waals surface area (Å²) in [6, 6.07) is 7.97. The number of rotatable bonds is 4. The predicted molar refractivity (Wildman–Crippen MR) is 80.0 cm³/mol. The highest BCUT2D eigenvalue weighted by atomic mass is 19.3. The average molecular weight is 325 g/mol. The number of hydrogen-bond donors (Lipinski definition) is 1. The monoisotopic (exact) mass is 325 g/mol. The standard InChI is InChI=1S/C17H15F4NO/c1-17(2,23)11-7-14(10-3-5-12(19)6-4-10)22-15(8-11)13(9-18)16(20)21/h3-9,16,23H,1-2H3. The van der Waals surface area contributed by atoms with Crippen molar-refractivity contribution < 1.29 is 22.7 Å². The van der Waals surface area contributed by atoms with Crippen LogP contribution in [0.25, 0.3) is 16.8 Å². The summed E-state index contributed by atoms with van der Waals surface area (Å²) in [5.41, 5.74) is -1.50. The van der Waals surface area contributed by atoms with Gasteiger partial charge in [-0.3, -0.25) is 0 Å². The van der Waals surface area contributed by atoms with E-state index < -0.39 is 23.4 Å². The molecular formula is C17H15F4NO. The van der Waals surface area contributed by atoms with Crippen molar-refractivity contribution in [1.82, 2.24) is 4.98 Å². The van der Waals surface area contributed by atoms with Gasteiger partial charge in [-0.2, -0.15) is 0 Å². The fraction of sp³-hybridized carbons (Fsp3) is 0.235. The SMILES string of the molecule is CC(C)(O)c1cc(C(=CF)C(F)F)nc(-c2ccc(F)cc2)c1. The molecule has 0 unspecified atom stereocenters. The van der Waals surface area contributed by atoms with Crippen LogP contribution in [0.2, 0.25) is 0 Å². The highest BCUT2D eigenvalue weighted by molar-refractivity contribution is 5.69. The van der Waals surface area contributed by atoms with Gasteiger partial charge in [0.05, 0.1) is 28.9 Å². The summed E-state index contributed by atoms with van der Waals surface area (Å²) in [6.45, 7) is 2.95. The van der Waals surface area contributed by atoms with Gasteiger partial charge in [0.1, 0.15) is 5.82 Å². The van der Waals surface area contributed by atoms with Crippen molar-refractivity contribution in [1.29, 1.82) is 0 Å². The summed E-state index contributed by atoms with van der Waals surface area (Å²) < 4.78 is 51.7. The molecule has 0 atom stereocenters. The lowest BCUT2D eigenvalue weighted by atomic mass is 9.95. The van der Waals surface area contributed by atoms with E-state index in [2.05, 4.69) is 4.98 Å². The molecule has 1 aromatic carbocycles. The lowest BCUT2D eigenvalue weighted by Gasteiger charge is -2.20. The zero-order valence-electron chi connectivity index (χ0n) is 12.5. The zero-order valence-corrected chi connectivity index (χ0v) is 12.5. The third-order valence-electron chi connectivity index (χ3n) is 3.32. The van der Waals surface area contributed by atoms with E-state index >= 15 is 0 Å². The van der Waals surface area contributed by atoms with Gasteiger partial charge in [0.15, 0.2) is 0 Å². The van der Waals surface area contributed by atoms with Gasteiger partial charge >= 0.3 is 0 Å². The van der Waals surface area contributed by atoms with Crippen LogP contribution >= 0.6 is 0 Å². The Labute approximate surface area is 131 Å². The van der Waals surface area contributed by atoms with E-state index in [1.807, 2.05) is 0 Å². The van der Waals surface area contributed by atoms with Crippen molar-refractivity contribution in [3.8, 4) is 11.3 Å². The Morgan fingerprint density at radius 3 is 2.26 bits per heavy atom. The number of halogens is 4. The molecule has 0 amide bonds. The van der Waals surface area contributed by atoms with Crippen molar-refractivity contribution in [2.75, 3.05) is 0 Å². The molecule has 23 heavy (non-hydrogen) atoms. The molecule has 0 aliphatic carbocycles. The van der Waals surface area contributed by atoms with Crippen molar-refractivity contribution in [3.63, 3.8) is 0 Å². The molecule has 0 saturated heterocycles. The molecule has 0 spiro atoms. The number of aromatic nitrogens is 1. The molecule has 0 aliphatic rings. The van der Waals surface area contributed by atoms with E-state index in [9.17, 15) is 22.7 Å². The first-order valence-electron chi connectivity index (χ1n) is 6.82. The normalized spacial score (nSPS) is 12.8. The Bertz CT molecular complexity index is 718. The van der Waals surface area contributed by atoms with Crippen LogP contribution in [-0.2, 0) is 5.60 Å². The van der Waals surface area contributed by atoms with Crippen LogP contribution in [0.1, 0.15) is 25.1 Å². The number of pyridine rings is 1. The second-order valence-electron chi connectivity index (χ2n) is 5.56. The Morgan fingerprint density at radius 1 is 1.17 bits per heavy atom. The van der Waals surface area contributed by atoms with Gasteiger partial charge in [-0.1, -0.05) is 0 Å². The summed E-state index contributed by atoms with van der Waals surface area (Å²) in [7, 11) is 0. The molecule has 2 nitrogen and oxygen atoms in total. The number of benzene rings is 1. The van der Waals surface area contributed by atoms with Gasteiger partial charge in [0.25, 0.3) is 6.43 Å². The average Bonchev–Trinajstić information content (AvgIpc) is 2.47. The molecule has 1 aromatic heterocycles. The molecule has 6 heteroatoms. The summed E-state index contributed by atoms with van der Waals surface area (Å²) in [5, 5.41) is 10.1. The molecule has 0 radical (unpaired) electrons. The number of aliphatic hydroxyl groups is 1. The molecular weight excluding hydrogens is 310 g/mol. The third kappa shape index (κ3) is 3.96. The molecule has 1 heterocycles. The molecule has 0 saturated carbocycles. The maximum Gasteiger partial charge on any atom is 0.268 e. The van der Waals surface area contributed by atoms with E-state index in [0.29, 0.717) is 11.1 Å². The summed E-state index contributed by atoms with van der Waals surface area (Å²) in [5.74, 6) is -0.454. The second kappa shape index (κ2) is 6.50. The van der Waals surface area contributed by atoms with Gasteiger partial charge in [0, 0.05) is 5.56 Å². The summed E-state index contributed by atoms with van der Waals surface area (Å²) in [6.07, 6.45) is -3.25. The fourth-order valence-corrected chi connectivity index (χ4v) is 2.02. The highest BCUT2D eigenvalue weighted by Gasteiger charge is 2.22. The Kier molecular flexibility index (Phi) is 4.85. The maximum absolute atomic E-state index is 13.0. The minimum absolute atomic E-state index is 0.199. The quantitative estimate of drug-likeness (QED) is 0.827. The molecule has 1 N–H and O–H groups in total. The van der Waals surface area contributed by atoms with Crippen molar-refractivity contribution >= 4 is 5.57 Å². The number of hydrogen-bond acceptors (Lipinski definition) is 2. The smallest absolute Gasteiger partial charge is 0.268 e. The molecule has 2 rings (SSSR count). The van der Waals surface area contributed by atoms with Crippen molar-refractivity contribution in [2.45, 2.75) is 25.9 Å². The lowest BCUT2D eigenvalue weighted by Crippen LogP contribution is -2.17. The summed E-state index contributed by atoms with van der Waals surface area (Å²) in [4.78, 5) is 4.02. The van der Waals surface area contributed by atoms with E-state index in [1.54, 1.807) is 0 Å². The van der Waals surface area contributed by atoms with Gasteiger partial charge in [-0.15, -0.1) is 0 Å². The van der Waals surface area contributed by atoms with E-state index in [0.717, 1.165) is 0 Å². The lowest BCUT2D eigenvalue weighted by molar-refractivity contribution is 0.0785. The number of allylic oxidation sites excluding steroid dienone is 1. The van der Waals surface area contributed by atoms with Crippen LogP contribution in [0.15, 0.2) is 42.7 Å². The van der Waals surface area contributed by atoms with Gasteiger partial charge < -0.3 is 5.11 Å². The van der Waals surface area contributed by atoms with Gasteiger partial charge in [0.2, 0.25) is 0 Å². The molecule has 122 valence electrons. The minimum Gasteiger partial charge on any atom is -0.386 e. The topological polar surface area (TPSA) is 33.1 Å². The van der Waals surface area contributed by atoms with E-state index in [-0.39, 0.29) is 17.7 Å². The number of nitrogens with zero attached hydrogens (tertiary/aromatic N) is 1. The maximum atomic E-state index is 13.0. The van der Waals surface area contributed by atoms with Crippen LogP contribution in [-0.4, -0.2) is 16.5 Å². The first-order chi connectivity index (χ1) is 10.7. The summed E-state index contributed by atoms with van der Waals surface area (Å²) >= 11 is 0. The van der Waals surface area contributed by atoms with Gasteiger partial charge in [-0.25, -0.2) is 22.5 Å². The fourth-order valence-electron chi connectivity index (χ4n) is 2.02. The third-order valence-corrected chi connectivity index (χ3v) is 3.32.